The van der Waals surface area contributed by atoms with Gasteiger partial charge in [-0.2, -0.15) is 0 Å². The minimum atomic E-state index is -0.138. The molecule has 0 spiro atoms. The molecular formula is C19H18N4O3. The number of rotatable bonds is 3. The van der Waals surface area contributed by atoms with Crippen molar-refractivity contribution in [1.82, 2.24) is 19.9 Å². The number of aromatic nitrogens is 3. The van der Waals surface area contributed by atoms with E-state index >= 15 is 0 Å². The van der Waals surface area contributed by atoms with Crippen LogP contribution in [0.4, 0.5) is 0 Å². The predicted octanol–water partition coefficient (Wildman–Crippen LogP) is 1.80. The number of aromatic hydroxyl groups is 2. The molecule has 0 saturated carbocycles. The van der Waals surface area contributed by atoms with E-state index in [-0.39, 0.29) is 17.1 Å². The molecule has 3 N–H and O–H groups in total. The van der Waals surface area contributed by atoms with Crippen molar-refractivity contribution in [1.29, 1.82) is 0 Å². The third-order valence-corrected chi connectivity index (χ3v) is 4.55. The highest BCUT2D eigenvalue weighted by atomic mass is 16.3. The fraction of sp³-hybridized carbons (Fsp3) is 0.211. The Hall–Kier alpha value is -3.19. The lowest BCUT2D eigenvalue weighted by Crippen LogP contribution is -2.35. The van der Waals surface area contributed by atoms with Crippen molar-refractivity contribution in [3.8, 4) is 22.9 Å². The standard InChI is InChI=1S/C19H18N4O3/c24-16-2-1-12(9-17(16)25)10-23-8-5-15-14(11-23)19(26)22-18(21-15)13-3-6-20-7-4-13/h1-4,6-7,9,24-25H,5,8,10-11H2,(H,21,22,26). The van der Waals surface area contributed by atoms with Crippen LogP contribution in [-0.2, 0) is 19.5 Å². The maximum absolute atomic E-state index is 12.5. The number of H-pyrrole nitrogens is 1. The Labute approximate surface area is 149 Å². The minimum absolute atomic E-state index is 0.125. The van der Waals surface area contributed by atoms with Gasteiger partial charge in [-0.25, -0.2) is 4.98 Å². The summed E-state index contributed by atoms with van der Waals surface area (Å²) >= 11 is 0. The van der Waals surface area contributed by atoms with Gasteiger partial charge in [-0.05, 0) is 29.8 Å². The van der Waals surface area contributed by atoms with Gasteiger partial charge in [0.2, 0.25) is 0 Å². The molecule has 7 nitrogen and oxygen atoms in total. The Kier molecular flexibility index (Phi) is 4.14. The van der Waals surface area contributed by atoms with Gasteiger partial charge in [0.1, 0.15) is 5.82 Å². The zero-order valence-electron chi connectivity index (χ0n) is 14.0. The van der Waals surface area contributed by atoms with Crippen LogP contribution in [0.2, 0.25) is 0 Å². The molecule has 0 fully saturated rings. The van der Waals surface area contributed by atoms with Crippen molar-refractivity contribution in [2.24, 2.45) is 0 Å². The first-order valence-corrected chi connectivity index (χ1v) is 8.36. The van der Waals surface area contributed by atoms with Crippen molar-refractivity contribution < 1.29 is 10.2 Å². The van der Waals surface area contributed by atoms with Crippen LogP contribution in [0.3, 0.4) is 0 Å². The summed E-state index contributed by atoms with van der Waals surface area (Å²) in [4.78, 5) is 26.1. The molecule has 0 saturated heterocycles. The Bertz CT molecular complexity index is 1000. The smallest absolute Gasteiger partial charge is 0.255 e. The normalized spacial score (nSPS) is 14.2. The minimum Gasteiger partial charge on any atom is -0.504 e. The van der Waals surface area contributed by atoms with Crippen LogP contribution in [0.1, 0.15) is 16.8 Å². The maximum Gasteiger partial charge on any atom is 0.255 e. The molecule has 0 unspecified atom stereocenters. The molecule has 0 aliphatic carbocycles. The monoisotopic (exact) mass is 350 g/mol. The largest absolute Gasteiger partial charge is 0.504 e. The summed E-state index contributed by atoms with van der Waals surface area (Å²) in [6, 6.07) is 8.41. The molecule has 3 heterocycles. The number of pyridine rings is 1. The molecule has 1 aliphatic heterocycles. The SMILES string of the molecule is O=c1[nH]c(-c2ccncc2)nc2c1CN(Cc1ccc(O)c(O)c1)CC2. The second kappa shape index (κ2) is 6.61. The van der Waals surface area contributed by atoms with Crippen LogP contribution in [0, 0.1) is 0 Å². The van der Waals surface area contributed by atoms with E-state index in [2.05, 4.69) is 19.9 Å². The number of phenolic OH excluding ortho intramolecular Hbond substituents is 2. The molecule has 0 amide bonds. The zero-order valence-corrected chi connectivity index (χ0v) is 14.0. The number of aromatic amines is 1. The van der Waals surface area contributed by atoms with E-state index in [9.17, 15) is 15.0 Å². The quantitative estimate of drug-likeness (QED) is 0.623. The summed E-state index contributed by atoms with van der Waals surface area (Å²) in [5.41, 5.74) is 3.09. The van der Waals surface area contributed by atoms with Crippen LogP contribution >= 0.6 is 0 Å². The van der Waals surface area contributed by atoms with Crippen molar-refractivity contribution in [3.63, 3.8) is 0 Å². The summed E-state index contributed by atoms with van der Waals surface area (Å²) < 4.78 is 0. The number of hydrogen-bond donors (Lipinski definition) is 3. The van der Waals surface area contributed by atoms with Crippen molar-refractivity contribution >= 4 is 0 Å². The predicted molar refractivity (Wildman–Crippen MR) is 95.7 cm³/mol. The van der Waals surface area contributed by atoms with Gasteiger partial charge in [-0.1, -0.05) is 6.07 Å². The zero-order chi connectivity index (χ0) is 18.1. The van der Waals surface area contributed by atoms with E-state index in [1.54, 1.807) is 24.5 Å². The summed E-state index contributed by atoms with van der Waals surface area (Å²) in [5, 5.41) is 19.0. The van der Waals surface area contributed by atoms with Gasteiger partial charge in [0.05, 0.1) is 11.3 Å². The Morgan fingerprint density at radius 1 is 1.12 bits per heavy atom. The van der Waals surface area contributed by atoms with E-state index in [1.165, 1.54) is 6.07 Å². The lowest BCUT2D eigenvalue weighted by molar-refractivity contribution is 0.241. The topological polar surface area (TPSA) is 102 Å². The number of fused-ring (bicyclic) bond motifs is 1. The first kappa shape index (κ1) is 16.3. The van der Waals surface area contributed by atoms with E-state index in [0.29, 0.717) is 30.9 Å². The second-order valence-electron chi connectivity index (χ2n) is 6.36. The molecule has 0 radical (unpaired) electrons. The maximum atomic E-state index is 12.5. The number of nitrogens with one attached hydrogen (secondary N) is 1. The first-order chi connectivity index (χ1) is 12.6. The fourth-order valence-electron chi connectivity index (χ4n) is 3.19. The van der Waals surface area contributed by atoms with E-state index in [4.69, 9.17) is 0 Å². The Morgan fingerprint density at radius 2 is 1.92 bits per heavy atom. The molecule has 0 atom stereocenters. The van der Waals surface area contributed by atoms with Crippen LogP contribution in [0.5, 0.6) is 11.5 Å². The average Bonchev–Trinajstić information content (AvgIpc) is 2.66. The molecular weight excluding hydrogens is 332 g/mol. The van der Waals surface area contributed by atoms with E-state index in [1.807, 2.05) is 12.1 Å². The molecule has 1 aromatic carbocycles. The van der Waals surface area contributed by atoms with Crippen LogP contribution in [0.15, 0.2) is 47.5 Å². The lowest BCUT2D eigenvalue weighted by Gasteiger charge is -2.27. The van der Waals surface area contributed by atoms with Crippen molar-refractivity contribution in [3.05, 3.63) is 69.9 Å². The van der Waals surface area contributed by atoms with Gasteiger partial charge in [-0.15, -0.1) is 0 Å². The van der Waals surface area contributed by atoms with Crippen molar-refractivity contribution in [2.75, 3.05) is 6.54 Å². The molecule has 2 aromatic heterocycles. The molecule has 0 bridgehead atoms. The van der Waals surface area contributed by atoms with Crippen molar-refractivity contribution in [2.45, 2.75) is 19.5 Å². The van der Waals surface area contributed by atoms with Gasteiger partial charge in [0, 0.05) is 44.0 Å². The molecule has 132 valence electrons. The molecule has 7 heteroatoms. The second-order valence-corrected chi connectivity index (χ2v) is 6.36. The molecule has 26 heavy (non-hydrogen) atoms. The van der Waals surface area contributed by atoms with Gasteiger partial charge < -0.3 is 15.2 Å². The summed E-state index contributed by atoms with van der Waals surface area (Å²) in [6.45, 7) is 1.84. The fourth-order valence-corrected chi connectivity index (χ4v) is 3.19. The van der Waals surface area contributed by atoms with Gasteiger partial charge in [0.25, 0.3) is 5.56 Å². The van der Waals surface area contributed by atoms with Crippen LogP contribution in [-0.4, -0.2) is 36.6 Å². The number of nitrogens with zero attached hydrogens (tertiary/aromatic N) is 3. The van der Waals surface area contributed by atoms with Crippen LogP contribution in [0.25, 0.3) is 11.4 Å². The highest BCUT2D eigenvalue weighted by molar-refractivity contribution is 5.54. The summed E-state index contributed by atoms with van der Waals surface area (Å²) in [6.07, 6.45) is 4.02. The molecule has 4 rings (SSSR count). The lowest BCUT2D eigenvalue weighted by atomic mass is 10.1. The van der Waals surface area contributed by atoms with E-state index in [0.717, 1.165) is 23.4 Å². The van der Waals surface area contributed by atoms with Crippen LogP contribution < -0.4 is 5.56 Å². The number of hydrogen-bond acceptors (Lipinski definition) is 6. The highest BCUT2D eigenvalue weighted by Gasteiger charge is 2.21. The summed E-state index contributed by atoms with van der Waals surface area (Å²) in [5.74, 6) is 0.288. The summed E-state index contributed by atoms with van der Waals surface area (Å²) in [7, 11) is 0. The third-order valence-electron chi connectivity index (χ3n) is 4.55. The Balaban J connectivity index is 1.57. The average molecular weight is 350 g/mol. The highest BCUT2D eigenvalue weighted by Crippen LogP contribution is 2.26. The van der Waals surface area contributed by atoms with Gasteiger partial charge >= 0.3 is 0 Å². The third kappa shape index (κ3) is 3.16. The molecule has 3 aromatic rings. The van der Waals surface area contributed by atoms with E-state index < -0.39 is 0 Å². The van der Waals surface area contributed by atoms with Gasteiger partial charge in [0.15, 0.2) is 11.5 Å². The number of phenols is 2. The van der Waals surface area contributed by atoms with Gasteiger partial charge in [-0.3, -0.25) is 14.7 Å². The molecule has 1 aliphatic rings. The Morgan fingerprint density at radius 3 is 2.69 bits per heavy atom. The first-order valence-electron chi connectivity index (χ1n) is 8.36. The number of benzene rings is 1.